The van der Waals surface area contributed by atoms with E-state index < -0.39 is 50.6 Å². The molecule has 37 heavy (non-hydrogen) atoms. The van der Waals surface area contributed by atoms with E-state index in [4.69, 9.17) is 23.7 Å². The fourth-order valence-corrected chi connectivity index (χ4v) is 5.10. The number of nitrogens with zero attached hydrogens (tertiary/aromatic N) is 2. The molecule has 1 aliphatic heterocycles. The van der Waals surface area contributed by atoms with E-state index in [0.29, 0.717) is 20.4 Å². The highest BCUT2D eigenvalue weighted by molar-refractivity contribution is 9.11. The van der Waals surface area contributed by atoms with E-state index in [2.05, 4.69) is 46.7 Å². The van der Waals surface area contributed by atoms with Crippen molar-refractivity contribution in [2.75, 3.05) is 11.9 Å². The van der Waals surface area contributed by atoms with Gasteiger partial charge in [-0.05, 0) is 40.2 Å². The Balaban J connectivity index is 1.40. The van der Waals surface area contributed by atoms with E-state index in [0.717, 1.165) is 22.1 Å². The van der Waals surface area contributed by atoms with Gasteiger partial charge < -0.3 is 28.8 Å². The number of rotatable bonds is 7. The molecule has 3 heterocycles. The summed E-state index contributed by atoms with van der Waals surface area (Å²) in [4.78, 5) is 45.4. The van der Waals surface area contributed by atoms with E-state index in [1.54, 1.807) is 18.2 Å². The van der Waals surface area contributed by atoms with Crippen LogP contribution in [0.1, 0.15) is 12.0 Å². The van der Waals surface area contributed by atoms with Gasteiger partial charge >= 0.3 is 25.5 Å². The quantitative estimate of drug-likeness (QED) is 0.270. The number of aliphatic hydroxyl groups excluding tert-OH is 1. The van der Waals surface area contributed by atoms with Crippen molar-refractivity contribution >= 4 is 62.6 Å². The summed E-state index contributed by atoms with van der Waals surface area (Å²) in [6.07, 6.45) is -6.94. The second-order valence-electron chi connectivity index (χ2n) is 7.66. The van der Waals surface area contributed by atoms with Gasteiger partial charge in [-0.15, -0.1) is 0 Å². The van der Waals surface area contributed by atoms with Crippen molar-refractivity contribution in [2.45, 2.75) is 31.0 Å². The largest absolute Gasteiger partial charge is 0.469 e. The lowest BCUT2D eigenvalue weighted by Gasteiger charge is -2.21. The molecule has 4 N–H and O–H groups in total. The molecule has 200 valence electrons. The molecule has 3 aromatic rings. The topological polar surface area (TPSA) is 183 Å². The molecule has 4 rings (SSSR count). The Morgan fingerprint density at radius 3 is 2.70 bits per heavy atom. The lowest BCUT2D eigenvalue weighted by Crippen LogP contribution is -2.42. The Labute approximate surface area is 221 Å². The predicted octanol–water partition coefficient (Wildman–Crippen LogP) is 3.27. The molecule has 0 bridgehead atoms. The van der Waals surface area contributed by atoms with Crippen molar-refractivity contribution in [3.05, 3.63) is 55.7 Å². The third-order valence-electron chi connectivity index (χ3n) is 5.03. The number of phosphoric acid groups is 1. The summed E-state index contributed by atoms with van der Waals surface area (Å²) >= 11 is 6.71. The van der Waals surface area contributed by atoms with Gasteiger partial charge in [0.15, 0.2) is 12.7 Å². The number of aromatic nitrogens is 2. The molecule has 0 unspecified atom stereocenters. The second-order valence-corrected chi connectivity index (χ2v) is 10.7. The number of carbonyl (C=O) groups excluding carboxylic acids is 1. The average Bonchev–Trinajstić information content (AvgIpc) is 3.29. The molecule has 2 aromatic heterocycles. The molecular weight excluding hydrogens is 659 g/mol. The van der Waals surface area contributed by atoms with Crippen molar-refractivity contribution in [3.8, 4) is 0 Å². The average molecular weight is 675 g/mol. The molecule has 1 fully saturated rings. The summed E-state index contributed by atoms with van der Waals surface area (Å²) in [7, 11) is -5.02. The highest BCUT2D eigenvalue weighted by Gasteiger charge is 2.60. The fraction of sp³-hybridized carbons (Fsp3) is 0.316. The van der Waals surface area contributed by atoms with E-state index >= 15 is 0 Å². The number of nitrogens with one attached hydrogen (secondary N) is 1. The second kappa shape index (κ2) is 10.5. The standard InChI is InChI=1S/C19H16Br2F2N3O10P/c20-9-3-8-4-10(35-14(8)11(21)5-9)6-33-18(29)25-13-1-2-26(17(28)24-13)16-19(22,23)15(27)12(36-16)7-34-37(30,31)32/h1-5,12,15-16,27H,6-7H2,(H2,30,31,32)(H,24,25,28,29)/t12-,15-,16-/m1/s1. The van der Waals surface area contributed by atoms with Gasteiger partial charge in [0.2, 0.25) is 6.23 Å². The maximum Gasteiger partial charge on any atom is 0.469 e. The van der Waals surface area contributed by atoms with Gasteiger partial charge in [0.05, 0.1) is 11.1 Å². The molecule has 3 atom stereocenters. The van der Waals surface area contributed by atoms with Crippen molar-refractivity contribution in [3.63, 3.8) is 0 Å². The van der Waals surface area contributed by atoms with Crippen LogP contribution in [0.3, 0.4) is 0 Å². The van der Waals surface area contributed by atoms with Gasteiger partial charge in [0.25, 0.3) is 0 Å². The molecule has 1 aromatic carbocycles. The van der Waals surface area contributed by atoms with Gasteiger partial charge in [-0.2, -0.15) is 13.8 Å². The third-order valence-corrected chi connectivity index (χ3v) is 6.56. The first-order chi connectivity index (χ1) is 17.2. The molecule has 1 aliphatic rings. The normalized spacial score (nSPS) is 21.3. The number of alkyl halides is 2. The number of hydrogen-bond donors (Lipinski definition) is 4. The van der Waals surface area contributed by atoms with E-state index in [1.807, 2.05) is 0 Å². The van der Waals surface area contributed by atoms with Crippen LogP contribution in [0, 0.1) is 0 Å². The van der Waals surface area contributed by atoms with Crippen molar-refractivity contribution in [2.24, 2.45) is 0 Å². The Morgan fingerprint density at radius 1 is 1.30 bits per heavy atom. The molecule has 0 radical (unpaired) electrons. The number of fused-ring (bicyclic) bond motifs is 1. The number of aliphatic hydroxyl groups is 1. The van der Waals surface area contributed by atoms with E-state index in [1.165, 1.54) is 0 Å². The minimum Gasteiger partial charge on any atom is -0.456 e. The number of anilines is 1. The summed E-state index contributed by atoms with van der Waals surface area (Å²) in [5.41, 5.74) is -0.738. The fourth-order valence-electron chi connectivity index (χ4n) is 3.42. The van der Waals surface area contributed by atoms with Crippen LogP contribution in [0.5, 0.6) is 0 Å². The van der Waals surface area contributed by atoms with E-state index in [9.17, 15) is 28.0 Å². The van der Waals surface area contributed by atoms with Crippen molar-refractivity contribution < 1.29 is 51.4 Å². The summed E-state index contributed by atoms with van der Waals surface area (Å²) in [5.74, 6) is -4.05. The van der Waals surface area contributed by atoms with Crippen LogP contribution in [0.25, 0.3) is 11.0 Å². The number of furan rings is 1. The van der Waals surface area contributed by atoms with Crippen LogP contribution in [0.15, 0.2) is 48.6 Å². The lowest BCUT2D eigenvalue weighted by atomic mass is 10.1. The maximum absolute atomic E-state index is 14.5. The van der Waals surface area contributed by atoms with Gasteiger partial charge in [-0.25, -0.2) is 14.2 Å². The molecule has 13 nitrogen and oxygen atoms in total. The maximum atomic E-state index is 14.5. The summed E-state index contributed by atoms with van der Waals surface area (Å²) < 4.78 is 61.4. The van der Waals surface area contributed by atoms with Gasteiger partial charge in [0, 0.05) is 16.1 Å². The predicted molar refractivity (Wildman–Crippen MR) is 127 cm³/mol. The molecule has 0 aliphatic carbocycles. The van der Waals surface area contributed by atoms with Crippen molar-refractivity contribution in [1.82, 2.24) is 9.55 Å². The monoisotopic (exact) mass is 673 g/mol. The third kappa shape index (κ3) is 6.26. The van der Waals surface area contributed by atoms with Crippen LogP contribution in [-0.2, 0) is 25.2 Å². The number of halogens is 4. The van der Waals surface area contributed by atoms with Gasteiger partial charge in [-0.3, -0.25) is 14.4 Å². The summed E-state index contributed by atoms with van der Waals surface area (Å²) in [6.45, 7) is -1.33. The minimum atomic E-state index is -5.02. The summed E-state index contributed by atoms with van der Waals surface area (Å²) in [6, 6.07) is 6.24. The molecule has 1 amide bonds. The highest BCUT2D eigenvalue weighted by atomic mass is 79.9. The van der Waals surface area contributed by atoms with Crippen LogP contribution in [0.2, 0.25) is 0 Å². The zero-order chi connectivity index (χ0) is 27.1. The number of ether oxygens (including phenoxy) is 2. The Hall–Kier alpha value is -2.24. The molecule has 18 heteroatoms. The number of amides is 1. The Morgan fingerprint density at radius 2 is 2.03 bits per heavy atom. The first-order valence-corrected chi connectivity index (χ1v) is 13.2. The van der Waals surface area contributed by atoms with Crippen LogP contribution in [0.4, 0.5) is 19.4 Å². The lowest BCUT2D eigenvalue weighted by molar-refractivity contribution is -0.140. The molecule has 0 saturated carbocycles. The van der Waals surface area contributed by atoms with Crippen molar-refractivity contribution in [1.29, 1.82) is 0 Å². The Bertz CT molecular complexity index is 1450. The number of hydrogen-bond acceptors (Lipinski definition) is 9. The number of phosphoric ester groups is 1. The zero-order valence-corrected chi connectivity index (χ0v) is 22.2. The molecular formula is C19H16Br2F2N3O10P. The SMILES string of the molecule is O=C(Nc1ccn([C@@H]2O[C@H](COP(=O)(O)O)[C@@H](O)C2(F)F)c(=O)n1)OCc1cc2cc(Br)cc(Br)c2o1. The van der Waals surface area contributed by atoms with E-state index in [-0.39, 0.29) is 12.4 Å². The molecule has 1 saturated heterocycles. The van der Waals surface area contributed by atoms with Gasteiger partial charge in [0.1, 0.15) is 23.3 Å². The minimum absolute atomic E-state index is 0.264. The van der Waals surface area contributed by atoms with Crippen LogP contribution < -0.4 is 11.0 Å². The summed E-state index contributed by atoms with van der Waals surface area (Å²) in [5, 5.41) is 12.7. The van der Waals surface area contributed by atoms with Crippen LogP contribution >= 0.6 is 39.7 Å². The first-order valence-electron chi connectivity index (χ1n) is 10.1. The highest BCUT2D eigenvalue weighted by Crippen LogP contribution is 2.44. The van der Waals surface area contributed by atoms with Crippen LogP contribution in [-0.4, -0.2) is 55.3 Å². The number of benzene rings is 1. The zero-order valence-electron chi connectivity index (χ0n) is 18.1. The van der Waals surface area contributed by atoms with Gasteiger partial charge in [-0.1, -0.05) is 15.9 Å². The smallest absolute Gasteiger partial charge is 0.456 e. The number of carbonyl (C=O) groups is 1. The first kappa shape index (κ1) is 27.8. The Kier molecular flexibility index (Phi) is 7.88. The molecule has 0 spiro atoms.